The van der Waals surface area contributed by atoms with Gasteiger partial charge in [0.2, 0.25) is 17.5 Å². The van der Waals surface area contributed by atoms with E-state index in [4.69, 9.17) is 8.94 Å². The molecule has 3 heterocycles. The van der Waals surface area contributed by atoms with Crippen LogP contribution >= 0.6 is 0 Å². The number of amides is 1. The minimum Gasteiger partial charge on any atom is -0.438 e. The van der Waals surface area contributed by atoms with Gasteiger partial charge < -0.3 is 14.3 Å². The molecule has 3 aromatic rings. The summed E-state index contributed by atoms with van der Waals surface area (Å²) in [6, 6.07) is 5.44. The monoisotopic (exact) mass is 285 g/mol. The van der Waals surface area contributed by atoms with E-state index in [1.165, 1.54) is 12.6 Å². The molecule has 0 saturated heterocycles. The van der Waals surface area contributed by atoms with Crippen LogP contribution in [0.2, 0.25) is 0 Å². The van der Waals surface area contributed by atoms with E-state index < -0.39 is 0 Å². The van der Waals surface area contributed by atoms with E-state index in [1.54, 1.807) is 12.3 Å². The van der Waals surface area contributed by atoms with Crippen LogP contribution in [0.5, 0.6) is 0 Å². The summed E-state index contributed by atoms with van der Waals surface area (Å²) in [4.78, 5) is 23.6. The summed E-state index contributed by atoms with van der Waals surface area (Å²) in [6.07, 6.45) is 4.62. The first-order valence-electron chi connectivity index (χ1n) is 6.23. The van der Waals surface area contributed by atoms with Crippen molar-refractivity contribution in [2.45, 2.75) is 6.42 Å². The molecule has 0 unspecified atom stereocenters. The summed E-state index contributed by atoms with van der Waals surface area (Å²) < 4.78 is 9.98. The van der Waals surface area contributed by atoms with Crippen LogP contribution in [0, 0.1) is 0 Å². The van der Waals surface area contributed by atoms with Gasteiger partial charge in [-0.3, -0.25) is 9.78 Å². The highest BCUT2D eigenvalue weighted by Crippen LogP contribution is 2.11. The highest BCUT2D eigenvalue weighted by atomic mass is 16.5. The second-order valence-electron chi connectivity index (χ2n) is 4.10. The molecule has 0 saturated carbocycles. The fourth-order valence-electron chi connectivity index (χ4n) is 1.65. The molecular weight excluding hydrogens is 274 g/mol. The molecule has 0 bridgehead atoms. The van der Waals surface area contributed by atoms with E-state index in [0.29, 0.717) is 30.4 Å². The van der Waals surface area contributed by atoms with Crippen molar-refractivity contribution in [2.75, 3.05) is 6.54 Å². The lowest BCUT2D eigenvalue weighted by Gasteiger charge is -1.99. The van der Waals surface area contributed by atoms with Crippen molar-refractivity contribution in [3.05, 3.63) is 48.6 Å². The molecule has 0 aliphatic carbocycles. The minimum atomic E-state index is -0.336. The smallest absolute Gasteiger partial charge is 0.288 e. The van der Waals surface area contributed by atoms with Crippen LogP contribution in [0.4, 0.5) is 0 Å². The first kappa shape index (κ1) is 13.0. The fourth-order valence-corrected chi connectivity index (χ4v) is 1.65. The fraction of sp³-hybridized carbons (Fsp3) is 0.154. The number of oxazole rings is 1. The molecule has 0 spiro atoms. The van der Waals surface area contributed by atoms with Gasteiger partial charge in [-0.05, 0) is 12.1 Å². The number of aromatic nitrogens is 4. The van der Waals surface area contributed by atoms with Crippen molar-refractivity contribution in [3.63, 3.8) is 0 Å². The number of carbonyl (C=O) groups is 1. The largest absolute Gasteiger partial charge is 0.438 e. The summed E-state index contributed by atoms with van der Waals surface area (Å²) in [5.41, 5.74) is 0.637. The molecule has 0 aliphatic rings. The quantitative estimate of drug-likeness (QED) is 0.747. The Morgan fingerprint density at radius 2 is 2.29 bits per heavy atom. The van der Waals surface area contributed by atoms with Gasteiger partial charge in [-0.2, -0.15) is 4.98 Å². The minimum absolute atomic E-state index is 0.162. The average Bonchev–Trinajstić information content (AvgIpc) is 3.20. The second kappa shape index (κ2) is 5.95. The predicted octanol–water partition coefficient (Wildman–Crippen LogP) is 1.09. The Kier molecular flexibility index (Phi) is 3.68. The third kappa shape index (κ3) is 3.11. The number of rotatable bonds is 5. The van der Waals surface area contributed by atoms with Gasteiger partial charge in [0.25, 0.3) is 5.91 Å². The molecule has 1 amide bonds. The summed E-state index contributed by atoms with van der Waals surface area (Å²) >= 11 is 0. The molecule has 3 aromatic heterocycles. The number of pyridine rings is 1. The lowest BCUT2D eigenvalue weighted by Crippen LogP contribution is -2.25. The maximum atomic E-state index is 11.6. The van der Waals surface area contributed by atoms with Crippen LogP contribution in [-0.4, -0.2) is 32.6 Å². The summed E-state index contributed by atoms with van der Waals surface area (Å²) in [7, 11) is 0. The molecule has 0 fully saturated rings. The number of hydrogen-bond donors (Lipinski definition) is 1. The van der Waals surface area contributed by atoms with Gasteiger partial charge in [0, 0.05) is 19.2 Å². The Morgan fingerprint density at radius 1 is 1.33 bits per heavy atom. The standard InChI is InChI=1S/C13H11N5O3/c19-13(10-7-14-8-20-10)16-6-4-11-17-12(18-21-11)9-3-1-2-5-15-9/h1-3,5,7-8H,4,6H2,(H,16,19). The molecule has 0 aliphatic heterocycles. The first-order valence-corrected chi connectivity index (χ1v) is 6.23. The lowest BCUT2D eigenvalue weighted by atomic mass is 10.3. The van der Waals surface area contributed by atoms with Gasteiger partial charge >= 0.3 is 0 Å². The zero-order chi connectivity index (χ0) is 14.5. The Hall–Kier alpha value is -3.03. The van der Waals surface area contributed by atoms with Crippen molar-refractivity contribution < 1.29 is 13.7 Å². The Labute approximate surface area is 119 Å². The molecule has 8 heteroatoms. The Bertz CT molecular complexity index is 709. The first-order chi connectivity index (χ1) is 10.3. The zero-order valence-corrected chi connectivity index (χ0v) is 10.9. The number of carbonyl (C=O) groups excluding carboxylic acids is 1. The van der Waals surface area contributed by atoms with Gasteiger partial charge in [-0.25, -0.2) is 4.98 Å². The van der Waals surface area contributed by atoms with Crippen molar-refractivity contribution in [1.82, 2.24) is 25.4 Å². The van der Waals surface area contributed by atoms with Crippen molar-refractivity contribution >= 4 is 5.91 Å². The van der Waals surface area contributed by atoms with Crippen LogP contribution in [0.3, 0.4) is 0 Å². The maximum absolute atomic E-state index is 11.6. The van der Waals surface area contributed by atoms with Crippen LogP contribution in [0.1, 0.15) is 16.4 Å². The van der Waals surface area contributed by atoms with Gasteiger partial charge in [0.1, 0.15) is 5.69 Å². The van der Waals surface area contributed by atoms with Crippen LogP contribution in [-0.2, 0) is 6.42 Å². The lowest BCUT2D eigenvalue weighted by molar-refractivity contribution is 0.0925. The third-order valence-corrected chi connectivity index (χ3v) is 2.64. The van der Waals surface area contributed by atoms with E-state index in [2.05, 4.69) is 25.4 Å². The van der Waals surface area contributed by atoms with Crippen LogP contribution in [0.15, 0.2) is 45.9 Å². The Balaban J connectivity index is 1.55. The molecule has 8 nitrogen and oxygen atoms in total. The van der Waals surface area contributed by atoms with Crippen molar-refractivity contribution in [3.8, 4) is 11.5 Å². The summed E-state index contributed by atoms with van der Waals surface area (Å²) in [5, 5.41) is 6.51. The Morgan fingerprint density at radius 3 is 3.05 bits per heavy atom. The van der Waals surface area contributed by atoms with E-state index in [1.807, 2.05) is 12.1 Å². The zero-order valence-electron chi connectivity index (χ0n) is 10.9. The highest BCUT2D eigenvalue weighted by molar-refractivity contribution is 5.90. The maximum Gasteiger partial charge on any atom is 0.288 e. The molecule has 0 atom stereocenters. The van der Waals surface area contributed by atoms with Crippen molar-refractivity contribution in [1.29, 1.82) is 0 Å². The normalized spacial score (nSPS) is 10.5. The van der Waals surface area contributed by atoms with Crippen molar-refractivity contribution in [2.24, 2.45) is 0 Å². The summed E-state index contributed by atoms with van der Waals surface area (Å²) in [6.45, 7) is 0.351. The highest BCUT2D eigenvalue weighted by Gasteiger charge is 2.11. The topological polar surface area (TPSA) is 107 Å². The molecule has 0 aromatic carbocycles. The van der Waals surface area contributed by atoms with E-state index in [9.17, 15) is 4.79 Å². The van der Waals surface area contributed by atoms with Gasteiger partial charge in [-0.1, -0.05) is 11.2 Å². The second-order valence-corrected chi connectivity index (χ2v) is 4.10. The third-order valence-electron chi connectivity index (χ3n) is 2.64. The molecule has 0 radical (unpaired) electrons. The van der Waals surface area contributed by atoms with Gasteiger partial charge in [0.05, 0.1) is 6.20 Å². The molecule has 106 valence electrons. The SMILES string of the molecule is O=C(NCCc1nc(-c2ccccn2)no1)c1cnco1. The number of hydrogen-bond acceptors (Lipinski definition) is 7. The number of nitrogens with one attached hydrogen (secondary N) is 1. The van der Waals surface area contributed by atoms with E-state index >= 15 is 0 Å². The van der Waals surface area contributed by atoms with Gasteiger partial charge in [-0.15, -0.1) is 0 Å². The van der Waals surface area contributed by atoms with E-state index in [-0.39, 0.29) is 11.7 Å². The molecule has 3 rings (SSSR count). The molecular formula is C13H11N5O3. The average molecular weight is 285 g/mol. The van der Waals surface area contributed by atoms with Crippen LogP contribution in [0.25, 0.3) is 11.5 Å². The molecule has 1 N–H and O–H groups in total. The van der Waals surface area contributed by atoms with Crippen LogP contribution < -0.4 is 5.32 Å². The summed E-state index contributed by atoms with van der Waals surface area (Å²) in [5.74, 6) is 0.673. The molecule has 21 heavy (non-hydrogen) atoms. The number of nitrogens with zero attached hydrogens (tertiary/aromatic N) is 4. The van der Waals surface area contributed by atoms with E-state index in [0.717, 1.165) is 0 Å². The van der Waals surface area contributed by atoms with Gasteiger partial charge in [0.15, 0.2) is 6.39 Å². The predicted molar refractivity (Wildman–Crippen MR) is 70.1 cm³/mol.